The lowest BCUT2D eigenvalue weighted by Gasteiger charge is -2.08. The monoisotopic (exact) mass is 289 g/mol. The van der Waals surface area contributed by atoms with E-state index in [1.165, 1.54) is 29.6 Å². The zero-order valence-corrected chi connectivity index (χ0v) is 10.5. The quantitative estimate of drug-likeness (QED) is 0.717. The van der Waals surface area contributed by atoms with E-state index in [-0.39, 0.29) is 0 Å². The van der Waals surface area contributed by atoms with E-state index in [0.717, 1.165) is 17.0 Å². The molecule has 1 heterocycles. The molecule has 0 aliphatic heterocycles. The molecule has 0 aliphatic carbocycles. The van der Waals surface area contributed by atoms with E-state index in [1.807, 2.05) is 0 Å². The van der Waals surface area contributed by atoms with E-state index >= 15 is 0 Å². The Morgan fingerprint density at radius 1 is 1.22 bits per heavy atom. The number of benzene rings is 1. The van der Waals surface area contributed by atoms with Crippen molar-refractivity contribution in [2.24, 2.45) is 0 Å². The summed E-state index contributed by atoms with van der Waals surface area (Å²) in [5, 5.41) is 2.32. The number of hydrogen-bond acceptors (Lipinski definition) is 2. The fourth-order valence-electron chi connectivity index (χ4n) is 1.50. The third-order valence-corrected chi connectivity index (χ3v) is 3.43. The van der Waals surface area contributed by atoms with E-state index in [4.69, 9.17) is 11.6 Å². The Kier molecular flexibility index (Phi) is 3.82. The fourth-order valence-corrected chi connectivity index (χ4v) is 2.29. The summed E-state index contributed by atoms with van der Waals surface area (Å²) in [6, 6.07) is 5.26. The topological polar surface area (TPSA) is 12.9 Å². The molecule has 0 atom stereocenters. The molecule has 0 saturated heterocycles. The molecule has 94 valence electrons. The summed E-state index contributed by atoms with van der Waals surface area (Å²) >= 11 is 6.75. The molecule has 0 unspecified atom stereocenters. The van der Waals surface area contributed by atoms with Gasteiger partial charge in [0.25, 0.3) is 0 Å². The second-order valence-electron chi connectivity index (χ2n) is 3.42. The number of thioether (sulfide) groups is 1. The van der Waals surface area contributed by atoms with Crippen LogP contribution in [0.3, 0.4) is 0 Å². The Hall–Kier alpha value is -1.20. The van der Waals surface area contributed by atoms with Gasteiger partial charge in [0.15, 0.2) is 0 Å². The number of nitrogens with zero attached hydrogens (tertiary/aromatic N) is 1. The minimum Gasteiger partial charge on any atom is -0.256 e. The first-order chi connectivity index (χ1) is 8.52. The summed E-state index contributed by atoms with van der Waals surface area (Å²) in [6.45, 7) is 0. The van der Waals surface area contributed by atoms with Crippen LogP contribution in [-0.2, 0) is 6.18 Å². The van der Waals surface area contributed by atoms with Crippen molar-refractivity contribution >= 4 is 34.3 Å². The van der Waals surface area contributed by atoms with Gasteiger partial charge in [0.1, 0.15) is 0 Å². The van der Waals surface area contributed by atoms with Crippen LogP contribution in [0.5, 0.6) is 0 Å². The van der Waals surface area contributed by atoms with Crippen LogP contribution in [0.2, 0.25) is 0 Å². The van der Waals surface area contributed by atoms with Crippen LogP contribution in [0.4, 0.5) is 13.2 Å². The number of pyridine rings is 1. The zero-order chi connectivity index (χ0) is 13.2. The van der Waals surface area contributed by atoms with Gasteiger partial charge in [0.2, 0.25) is 0 Å². The Bertz CT molecular complexity index is 595. The Balaban J connectivity index is 2.53. The second kappa shape index (κ2) is 5.20. The lowest BCUT2D eigenvalue weighted by atomic mass is 10.1. The van der Waals surface area contributed by atoms with Crippen molar-refractivity contribution in [2.45, 2.75) is 11.1 Å². The molecule has 1 aromatic carbocycles. The Labute approximate surface area is 111 Å². The number of rotatable bonds is 2. The lowest BCUT2D eigenvalue weighted by molar-refractivity contribution is -0.137. The average Bonchev–Trinajstić information content (AvgIpc) is 2.34. The van der Waals surface area contributed by atoms with Crippen molar-refractivity contribution in [1.29, 1.82) is 0 Å². The second-order valence-corrected chi connectivity index (χ2v) is 4.62. The van der Waals surface area contributed by atoms with Crippen LogP contribution in [-0.4, -0.2) is 4.98 Å². The maximum atomic E-state index is 12.6. The Morgan fingerprint density at radius 3 is 2.67 bits per heavy atom. The summed E-state index contributed by atoms with van der Waals surface area (Å²) in [4.78, 5) is 4.76. The van der Waals surface area contributed by atoms with Crippen molar-refractivity contribution in [1.82, 2.24) is 4.98 Å². The molecule has 18 heavy (non-hydrogen) atoms. The van der Waals surface area contributed by atoms with Gasteiger partial charge in [0.05, 0.1) is 11.1 Å². The van der Waals surface area contributed by atoms with Crippen molar-refractivity contribution in [3.05, 3.63) is 47.0 Å². The van der Waals surface area contributed by atoms with E-state index in [9.17, 15) is 13.2 Å². The van der Waals surface area contributed by atoms with Crippen LogP contribution >= 0.6 is 23.4 Å². The van der Waals surface area contributed by atoms with Crippen molar-refractivity contribution < 1.29 is 13.2 Å². The highest BCUT2D eigenvalue weighted by Gasteiger charge is 2.30. The van der Waals surface area contributed by atoms with Gasteiger partial charge in [-0.25, -0.2) is 0 Å². The van der Waals surface area contributed by atoms with Gasteiger partial charge >= 0.3 is 6.18 Å². The van der Waals surface area contributed by atoms with E-state index in [2.05, 4.69) is 4.98 Å². The predicted octanol–water partition coefficient (Wildman–Crippen LogP) is 5.06. The Morgan fingerprint density at radius 2 is 2.00 bits per heavy atom. The standard InChI is InChI=1S/C12H7ClF3NS/c13-4-6-18-11-3-5-17-10-7-8(12(14,15)16)1-2-9(10)11/h1-7H. The molecule has 0 spiro atoms. The number of alkyl halides is 3. The molecular weight excluding hydrogens is 283 g/mol. The first kappa shape index (κ1) is 13.2. The van der Waals surface area contributed by atoms with E-state index < -0.39 is 11.7 Å². The molecule has 2 aromatic rings. The van der Waals surface area contributed by atoms with Gasteiger partial charge in [-0.3, -0.25) is 4.98 Å². The maximum Gasteiger partial charge on any atom is 0.416 e. The van der Waals surface area contributed by atoms with Crippen LogP contribution in [0.15, 0.2) is 46.3 Å². The number of hydrogen-bond donors (Lipinski definition) is 0. The maximum absolute atomic E-state index is 12.6. The normalized spacial score (nSPS) is 12.4. The molecule has 0 radical (unpaired) electrons. The van der Waals surface area contributed by atoms with Crippen molar-refractivity contribution in [3.8, 4) is 0 Å². The highest BCUT2D eigenvalue weighted by molar-refractivity contribution is 8.02. The largest absolute Gasteiger partial charge is 0.416 e. The minimum absolute atomic E-state index is 0.317. The first-order valence-electron chi connectivity index (χ1n) is 4.90. The zero-order valence-electron chi connectivity index (χ0n) is 8.91. The van der Waals surface area contributed by atoms with E-state index in [1.54, 1.807) is 11.5 Å². The number of halogens is 4. The molecule has 1 nitrogen and oxygen atoms in total. The molecule has 0 N–H and O–H groups in total. The molecule has 0 bridgehead atoms. The molecule has 0 amide bonds. The molecule has 1 aromatic heterocycles. The van der Waals surface area contributed by atoms with Gasteiger partial charge in [-0.05, 0) is 23.6 Å². The van der Waals surface area contributed by atoms with Crippen molar-refractivity contribution in [3.63, 3.8) is 0 Å². The molecule has 6 heteroatoms. The minimum atomic E-state index is -4.35. The summed E-state index contributed by atoms with van der Waals surface area (Å²) in [6.07, 6.45) is -2.87. The third-order valence-electron chi connectivity index (χ3n) is 2.28. The highest BCUT2D eigenvalue weighted by atomic mass is 35.5. The predicted molar refractivity (Wildman–Crippen MR) is 67.6 cm³/mol. The summed E-state index contributed by atoms with van der Waals surface area (Å²) < 4.78 is 37.7. The molecule has 0 saturated carbocycles. The summed E-state index contributed by atoms with van der Waals surface area (Å²) in [5.74, 6) is 0. The lowest BCUT2D eigenvalue weighted by Crippen LogP contribution is -2.04. The highest BCUT2D eigenvalue weighted by Crippen LogP contribution is 2.33. The van der Waals surface area contributed by atoms with Gasteiger partial charge in [0, 0.05) is 22.0 Å². The molecule has 2 rings (SSSR count). The van der Waals surface area contributed by atoms with Gasteiger partial charge in [-0.15, -0.1) is 0 Å². The molecular formula is C12H7ClF3NS. The van der Waals surface area contributed by atoms with Crippen molar-refractivity contribution in [2.75, 3.05) is 0 Å². The average molecular weight is 290 g/mol. The fraction of sp³-hybridized carbons (Fsp3) is 0.0833. The van der Waals surface area contributed by atoms with Gasteiger partial charge in [-0.2, -0.15) is 13.2 Å². The number of aromatic nitrogens is 1. The summed E-state index contributed by atoms with van der Waals surface area (Å²) in [7, 11) is 0. The summed E-state index contributed by atoms with van der Waals surface area (Å²) in [5.41, 5.74) is 0.969. The number of fused-ring (bicyclic) bond motifs is 1. The van der Waals surface area contributed by atoms with Gasteiger partial charge in [-0.1, -0.05) is 29.4 Å². The first-order valence-corrected chi connectivity index (χ1v) is 6.22. The smallest absolute Gasteiger partial charge is 0.256 e. The third kappa shape index (κ3) is 2.79. The van der Waals surface area contributed by atoms with Crippen LogP contribution in [0, 0.1) is 0 Å². The molecule has 0 aliphatic rings. The van der Waals surface area contributed by atoms with Crippen LogP contribution < -0.4 is 0 Å². The van der Waals surface area contributed by atoms with Crippen LogP contribution in [0.25, 0.3) is 10.9 Å². The van der Waals surface area contributed by atoms with E-state index in [0.29, 0.717) is 10.9 Å². The van der Waals surface area contributed by atoms with Gasteiger partial charge < -0.3 is 0 Å². The van der Waals surface area contributed by atoms with Crippen LogP contribution in [0.1, 0.15) is 5.56 Å². The SMILES string of the molecule is FC(F)(F)c1ccc2c(SC=CCl)ccnc2c1. The molecule has 0 fully saturated rings.